The van der Waals surface area contributed by atoms with Crippen LogP contribution in [0.3, 0.4) is 0 Å². The van der Waals surface area contributed by atoms with Gasteiger partial charge in [0.05, 0.1) is 0 Å². The summed E-state index contributed by atoms with van der Waals surface area (Å²) in [6, 6.07) is 3.24. The molecular formula is C11H14F2N2O. The van der Waals surface area contributed by atoms with Crippen LogP contribution in [0, 0.1) is 11.6 Å². The fourth-order valence-corrected chi connectivity index (χ4v) is 1.22. The Morgan fingerprint density at radius 1 is 1.44 bits per heavy atom. The third-order valence-corrected chi connectivity index (χ3v) is 2.08. The van der Waals surface area contributed by atoms with Crippen molar-refractivity contribution < 1.29 is 13.6 Å². The number of nitrogens with one attached hydrogen (secondary N) is 1. The van der Waals surface area contributed by atoms with Gasteiger partial charge in [-0.25, -0.2) is 8.78 Å². The molecule has 1 amide bonds. The summed E-state index contributed by atoms with van der Waals surface area (Å²) in [5.74, 6) is -2.48. The monoisotopic (exact) mass is 228 g/mol. The second-order valence-corrected chi connectivity index (χ2v) is 3.62. The van der Waals surface area contributed by atoms with Crippen molar-refractivity contribution >= 4 is 5.91 Å². The minimum atomic E-state index is -0.863. The van der Waals surface area contributed by atoms with Crippen LogP contribution in [0.15, 0.2) is 18.2 Å². The van der Waals surface area contributed by atoms with Gasteiger partial charge < -0.3 is 11.1 Å². The summed E-state index contributed by atoms with van der Waals surface area (Å²) in [6.45, 7) is 2.08. The van der Waals surface area contributed by atoms with Crippen LogP contribution in [0.2, 0.25) is 0 Å². The van der Waals surface area contributed by atoms with E-state index in [4.69, 9.17) is 5.73 Å². The van der Waals surface area contributed by atoms with Crippen LogP contribution < -0.4 is 11.1 Å². The van der Waals surface area contributed by atoms with Gasteiger partial charge in [-0.2, -0.15) is 0 Å². The van der Waals surface area contributed by atoms with Crippen LogP contribution in [0.1, 0.15) is 23.7 Å². The molecule has 1 aromatic rings. The molecule has 5 heteroatoms. The minimum Gasteiger partial charge on any atom is -0.352 e. The van der Waals surface area contributed by atoms with E-state index < -0.39 is 23.1 Å². The Hall–Kier alpha value is -1.49. The van der Waals surface area contributed by atoms with Crippen molar-refractivity contribution in [3.63, 3.8) is 0 Å². The smallest absolute Gasteiger partial charge is 0.257 e. The lowest BCUT2D eigenvalue weighted by atomic mass is 10.2. The van der Waals surface area contributed by atoms with Gasteiger partial charge in [0.15, 0.2) is 0 Å². The molecule has 88 valence electrons. The summed E-state index contributed by atoms with van der Waals surface area (Å²) < 4.78 is 26.3. The van der Waals surface area contributed by atoms with Gasteiger partial charge in [-0.05, 0) is 25.5 Å². The van der Waals surface area contributed by atoms with Gasteiger partial charge in [0.25, 0.3) is 5.91 Å². The third-order valence-electron chi connectivity index (χ3n) is 2.08. The van der Waals surface area contributed by atoms with E-state index in [1.165, 1.54) is 6.07 Å². The Labute approximate surface area is 92.6 Å². The molecule has 0 fully saturated rings. The van der Waals surface area contributed by atoms with Gasteiger partial charge in [-0.15, -0.1) is 0 Å². The SMILES string of the molecule is CC(N)CCNC(=O)c1c(F)cccc1F. The Kier molecular flexibility index (Phi) is 4.37. The second kappa shape index (κ2) is 5.55. The standard InChI is InChI=1S/C11H14F2N2O/c1-7(14)5-6-15-11(16)10-8(12)3-2-4-9(10)13/h2-4,7H,5-6,14H2,1H3,(H,15,16). The van der Waals surface area contributed by atoms with Crippen molar-refractivity contribution in [2.75, 3.05) is 6.54 Å². The van der Waals surface area contributed by atoms with E-state index in [0.29, 0.717) is 13.0 Å². The number of carbonyl (C=O) groups excluding carboxylic acids is 1. The molecule has 0 aromatic heterocycles. The topological polar surface area (TPSA) is 55.1 Å². The molecular weight excluding hydrogens is 214 g/mol. The number of nitrogens with two attached hydrogens (primary N) is 1. The Balaban J connectivity index is 2.66. The normalized spacial score (nSPS) is 12.2. The number of amides is 1. The quantitative estimate of drug-likeness (QED) is 0.819. The van der Waals surface area contributed by atoms with Gasteiger partial charge >= 0.3 is 0 Å². The van der Waals surface area contributed by atoms with Crippen molar-refractivity contribution in [2.45, 2.75) is 19.4 Å². The van der Waals surface area contributed by atoms with Gasteiger partial charge in [0.1, 0.15) is 17.2 Å². The van der Waals surface area contributed by atoms with Crippen molar-refractivity contribution in [1.29, 1.82) is 0 Å². The average molecular weight is 228 g/mol. The molecule has 16 heavy (non-hydrogen) atoms. The van der Waals surface area contributed by atoms with Crippen molar-refractivity contribution in [3.05, 3.63) is 35.4 Å². The molecule has 3 N–H and O–H groups in total. The molecule has 0 aliphatic rings. The highest BCUT2D eigenvalue weighted by Gasteiger charge is 2.16. The number of benzene rings is 1. The van der Waals surface area contributed by atoms with Crippen LogP contribution in [0.5, 0.6) is 0 Å². The fraction of sp³-hybridized carbons (Fsp3) is 0.364. The van der Waals surface area contributed by atoms with E-state index in [1.807, 2.05) is 0 Å². The lowest BCUT2D eigenvalue weighted by Crippen LogP contribution is -2.30. The second-order valence-electron chi connectivity index (χ2n) is 3.62. The van der Waals surface area contributed by atoms with Gasteiger partial charge in [0.2, 0.25) is 0 Å². The van der Waals surface area contributed by atoms with Crippen LogP contribution in [-0.4, -0.2) is 18.5 Å². The molecule has 1 unspecified atom stereocenters. The highest BCUT2D eigenvalue weighted by Crippen LogP contribution is 2.11. The number of halogens is 2. The van der Waals surface area contributed by atoms with Gasteiger partial charge in [0, 0.05) is 12.6 Å². The molecule has 0 saturated heterocycles. The molecule has 0 bridgehead atoms. The molecule has 0 radical (unpaired) electrons. The molecule has 0 aliphatic heterocycles. The molecule has 0 saturated carbocycles. The summed E-state index contributed by atoms with van der Waals surface area (Å²) in [5, 5.41) is 2.41. The third kappa shape index (κ3) is 3.27. The predicted molar refractivity (Wildman–Crippen MR) is 57.0 cm³/mol. The largest absolute Gasteiger partial charge is 0.352 e. The zero-order valence-electron chi connectivity index (χ0n) is 8.97. The van der Waals surface area contributed by atoms with Crippen molar-refractivity contribution in [1.82, 2.24) is 5.32 Å². The molecule has 1 rings (SSSR count). The van der Waals surface area contributed by atoms with E-state index >= 15 is 0 Å². The number of hydrogen-bond donors (Lipinski definition) is 2. The molecule has 1 atom stereocenters. The number of carbonyl (C=O) groups is 1. The number of hydrogen-bond acceptors (Lipinski definition) is 2. The molecule has 0 heterocycles. The average Bonchev–Trinajstić information content (AvgIpc) is 2.16. The van der Waals surface area contributed by atoms with Crippen LogP contribution in [0.25, 0.3) is 0 Å². The molecule has 3 nitrogen and oxygen atoms in total. The van der Waals surface area contributed by atoms with Crippen LogP contribution in [-0.2, 0) is 0 Å². The van der Waals surface area contributed by atoms with E-state index in [1.54, 1.807) is 6.92 Å². The molecule has 0 aliphatic carbocycles. The van der Waals surface area contributed by atoms with E-state index in [9.17, 15) is 13.6 Å². The zero-order chi connectivity index (χ0) is 12.1. The lowest BCUT2D eigenvalue weighted by molar-refractivity contribution is 0.0944. The first-order chi connectivity index (χ1) is 7.52. The predicted octanol–water partition coefficient (Wildman–Crippen LogP) is 1.43. The molecule has 1 aromatic carbocycles. The van der Waals surface area contributed by atoms with E-state index in [0.717, 1.165) is 12.1 Å². The first-order valence-electron chi connectivity index (χ1n) is 5.00. The van der Waals surface area contributed by atoms with Gasteiger partial charge in [-0.1, -0.05) is 6.07 Å². The maximum Gasteiger partial charge on any atom is 0.257 e. The van der Waals surface area contributed by atoms with E-state index in [2.05, 4.69) is 5.32 Å². The highest BCUT2D eigenvalue weighted by molar-refractivity contribution is 5.94. The minimum absolute atomic E-state index is 0.0641. The summed E-state index contributed by atoms with van der Waals surface area (Å²) in [7, 11) is 0. The van der Waals surface area contributed by atoms with Crippen molar-refractivity contribution in [2.24, 2.45) is 5.73 Å². The zero-order valence-corrected chi connectivity index (χ0v) is 8.97. The summed E-state index contributed by atoms with van der Waals surface area (Å²) in [6.07, 6.45) is 0.557. The number of rotatable bonds is 4. The highest BCUT2D eigenvalue weighted by atomic mass is 19.1. The Morgan fingerprint density at radius 2 is 2.00 bits per heavy atom. The summed E-state index contributed by atoms with van der Waals surface area (Å²) in [4.78, 5) is 11.4. The summed E-state index contributed by atoms with van der Waals surface area (Å²) >= 11 is 0. The molecule has 0 spiro atoms. The fourth-order valence-electron chi connectivity index (χ4n) is 1.22. The maximum absolute atomic E-state index is 13.2. The lowest BCUT2D eigenvalue weighted by Gasteiger charge is -2.08. The Bertz CT molecular complexity index is 360. The summed E-state index contributed by atoms with van der Waals surface area (Å²) in [5.41, 5.74) is 4.93. The maximum atomic E-state index is 13.2. The van der Waals surface area contributed by atoms with E-state index in [-0.39, 0.29) is 6.04 Å². The van der Waals surface area contributed by atoms with Gasteiger partial charge in [-0.3, -0.25) is 4.79 Å². The first kappa shape index (κ1) is 12.6. The first-order valence-corrected chi connectivity index (χ1v) is 5.00. The van der Waals surface area contributed by atoms with Crippen LogP contribution >= 0.6 is 0 Å². The Morgan fingerprint density at radius 3 is 2.50 bits per heavy atom. The van der Waals surface area contributed by atoms with Crippen molar-refractivity contribution in [3.8, 4) is 0 Å². The van der Waals surface area contributed by atoms with Crippen LogP contribution in [0.4, 0.5) is 8.78 Å².